The van der Waals surface area contributed by atoms with Gasteiger partial charge in [0.2, 0.25) is 0 Å². The highest BCUT2D eigenvalue weighted by molar-refractivity contribution is 5.38. The van der Waals surface area contributed by atoms with Crippen LogP contribution in [0.4, 0.5) is 0 Å². The van der Waals surface area contributed by atoms with Gasteiger partial charge in [-0.25, -0.2) is 0 Å². The molecule has 0 atom stereocenters. The average Bonchev–Trinajstić information content (AvgIpc) is 2.19. The third kappa shape index (κ3) is 4.41. The van der Waals surface area contributed by atoms with Crippen molar-refractivity contribution in [3.05, 3.63) is 24.3 Å². The van der Waals surface area contributed by atoms with Crippen LogP contribution in [0.3, 0.4) is 0 Å². The van der Waals surface area contributed by atoms with E-state index in [-0.39, 0.29) is 0 Å². The Hall–Kier alpha value is -1.18. The summed E-state index contributed by atoms with van der Waals surface area (Å²) < 4.78 is 10.0. The first kappa shape index (κ1) is 11.8. The van der Waals surface area contributed by atoms with Gasteiger partial charge in [0.05, 0.1) is 14.2 Å². The van der Waals surface area contributed by atoms with E-state index < -0.39 is 0 Å². The molecule has 0 aliphatic rings. The van der Waals surface area contributed by atoms with Gasteiger partial charge in [-0.2, -0.15) is 0 Å². The first-order valence-electron chi connectivity index (χ1n) is 4.47. The van der Waals surface area contributed by atoms with Crippen molar-refractivity contribution < 1.29 is 9.47 Å². The third-order valence-corrected chi connectivity index (χ3v) is 1.29. The first-order chi connectivity index (χ1) is 6.29. The van der Waals surface area contributed by atoms with E-state index in [4.69, 9.17) is 9.47 Å². The molecule has 74 valence electrons. The number of hydrogen-bond acceptors (Lipinski definition) is 2. The molecule has 0 fully saturated rings. The second kappa shape index (κ2) is 7.47. The van der Waals surface area contributed by atoms with Crippen LogP contribution in [-0.4, -0.2) is 14.2 Å². The fourth-order valence-corrected chi connectivity index (χ4v) is 0.787. The van der Waals surface area contributed by atoms with Crippen molar-refractivity contribution in [1.82, 2.24) is 0 Å². The molecule has 13 heavy (non-hydrogen) atoms. The number of rotatable bonds is 2. The zero-order valence-electron chi connectivity index (χ0n) is 8.83. The lowest BCUT2D eigenvalue weighted by Crippen LogP contribution is -1.88. The van der Waals surface area contributed by atoms with Crippen molar-refractivity contribution in [3.63, 3.8) is 0 Å². The van der Waals surface area contributed by atoms with Gasteiger partial charge in [-0.3, -0.25) is 0 Å². The van der Waals surface area contributed by atoms with Gasteiger partial charge in [-0.05, 0) is 12.1 Å². The number of hydrogen-bond donors (Lipinski definition) is 0. The highest BCUT2D eigenvalue weighted by Crippen LogP contribution is 2.24. The predicted octanol–water partition coefficient (Wildman–Crippen LogP) is 3.12. The maximum atomic E-state index is 5.01. The number of para-hydroxylation sites is 2. The quantitative estimate of drug-likeness (QED) is 0.699. The molecule has 0 heterocycles. The van der Waals surface area contributed by atoms with Gasteiger partial charge in [0.25, 0.3) is 0 Å². The second-order valence-corrected chi connectivity index (χ2v) is 2.56. The van der Waals surface area contributed by atoms with Gasteiger partial charge in [-0.15, -0.1) is 0 Å². The van der Waals surface area contributed by atoms with Crippen molar-refractivity contribution in [2.24, 2.45) is 0 Å². The normalized spacial score (nSPS) is 8.31. The molecule has 0 N–H and O–H groups in total. The van der Waals surface area contributed by atoms with E-state index in [1.165, 1.54) is 6.42 Å². The van der Waals surface area contributed by atoms with Gasteiger partial charge in [-0.1, -0.05) is 32.4 Å². The van der Waals surface area contributed by atoms with Gasteiger partial charge in [0.1, 0.15) is 0 Å². The fraction of sp³-hybridized carbons (Fsp3) is 0.455. The molecule has 1 rings (SSSR count). The molecule has 0 saturated heterocycles. The summed E-state index contributed by atoms with van der Waals surface area (Å²) in [5.74, 6) is 1.54. The monoisotopic (exact) mass is 182 g/mol. The standard InChI is InChI=1S/C8H10O2.C3H8/c1-9-7-5-3-4-6-8(7)10-2;1-3-2/h3-6H,1-2H3;3H2,1-2H3. The minimum absolute atomic E-state index is 0.769. The summed E-state index contributed by atoms with van der Waals surface area (Å²) >= 11 is 0. The van der Waals surface area contributed by atoms with Crippen molar-refractivity contribution in [3.8, 4) is 11.5 Å². The molecule has 0 aliphatic heterocycles. The summed E-state index contributed by atoms with van der Waals surface area (Å²) in [7, 11) is 3.25. The Morgan fingerprint density at radius 3 is 1.46 bits per heavy atom. The van der Waals surface area contributed by atoms with Crippen molar-refractivity contribution in [2.75, 3.05) is 14.2 Å². The van der Waals surface area contributed by atoms with E-state index in [0.717, 1.165) is 11.5 Å². The molecule has 0 spiro atoms. The molecule has 0 unspecified atom stereocenters. The SMILES string of the molecule is CCC.COc1ccccc1OC. The van der Waals surface area contributed by atoms with Crippen molar-refractivity contribution >= 4 is 0 Å². The Labute approximate surface area is 80.5 Å². The van der Waals surface area contributed by atoms with Gasteiger partial charge in [0.15, 0.2) is 11.5 Å². The smallest absolute Gasteiger partial charge is 0.160 e. The van der Waals surface area contributed by atoms with E-state index in [1.54, 1.807) is 14.2 Å². The van der Waals surface area contributed by atoms with Crippen LogP contribution < -0.4 is 9.47 Å². The molecule has 1 aromatic carbocycles. The maximum absolute atomic E-state index is 5.01. The van der Waals surface area contributed by atoms with Crippen LogP contribution in [0.25, 0.3) is 0 Å². The molecule has 0 aromatic heterocycles. The second-order valence-electron chi connectivity index (χ2n) is 2.56. The molecule has 0 aliphatic carbocycles. The Bertz CT molecular complexity index is 198. The Balaban J connectivity index is 0.000000424. The number of benzene rings is 1. The van der Waals surface area contributed by atoms with Gasteiger partial charge >= 0.3 is 0 Å². The lowest BCUT2D eigenvalue weighted by atomic mass is 10.3. The Morgan fingerprint density at radius 2 is 1.23 bits per heavy atom. The van der Waals surface area contributed by atoms with E-state index in [1.807, 2.05) is 24.3 Å². The summed E-state index contributed by atoms with van der Waals surface area (Å²) in [5.41, 5.74) is 0. The third-order valence-electron chi connectivity index (χ3n) is 1.29. The molecule has 2 heteroatoms. The summed E-state index contributed by atoms with van der Waals surface area (Å²) in [6.45, 7) is 4.25. The highest BCUT2D eigenvalue weighted by atomic mass is 16.5. The fourth-order valence-electron chi connectivity index (χ4n) is 0.787. The number of methoxy groups -OCH3 is 2. The molecule has 0 saturated carbocycles. The molecule has 2 nitrogen and oxygen atoms in total. The van der Waals surface area contributed by atoms with Crippen LogP contribution in [0.1, 0.15) is 20.3 Å². The summed E-state index contributed by atoms with van der Waals surface area (Å²) in [4.78, 5) is 0. The maximum Gasteiger partial charge on any atom is 0.160 e. The summed E-state index contributed by atoms with van der Waals surface area (Å²) in [6, 6.07) is 7.53. The average molecular weight is 182 g/mol. The van der Waals surface area contributed by atoms with Crippen LogP contribution in [-0.2, 0) is 0 Å². The Morgan fingerprint density at radius 1 is 0.923 bits per heavy atom. The van der Waals surface area contributed by atoms with E-state index >= 15 is 0 Å². The van der Waals surface area contributed by atoms with Crippen LogP contribution in [0.5, 0.6) is 11.5 Å². The lowest BCUT2D eigenvalue weighted by molar-refractivity contribution is 0.355. The first-order valence-corrected chi connectivity index (χ1v) is 4.47. The van der Waals surface area contributed by atoms with Gasteiger partial charge in [0, 0.05) is 0 Å². The summed E-state index contributed by atoms with van der Waals surface area (Å²) in [6.07, 6.45) is 1.25. The molecular weight excluding hydrogens is 164 g/mol. The molecule has 1 aromatic rings. The molecular formula is C11H18O2. The zero-order valence-corrected chi connectivity index (χ0v) is 8.83. The highest BCUT2D eigenvalue weighted by Gasteiger charge is 1.97. The van der Waals surface area contributed by atoms with E-state index in [9.17, 15) is 0 Å². The van der Waals surface area contributed by atoms with Gasteiger partial charge < -0.3 is 9.47 Å². The predicted molar refractivity (Wildman–Crippen MR) is 55.5 cm³/mol. The summed E-state index contributed by atoms with van der Waals surface area (Å²) in [5, 5.41) is 0. The van der Waals surface area contributed by atoms with Crippen molar-refractivity contribution in [1.29, 1.82) is 0 Å². The molecule has 0 radical (unpaired) electrons. The van der Waals surface area contributed by atoms with Crippen LogP contribution in [0.15, 0.2) is 24.3 Å². The largest absolute Gasteiger partial charge is 0.493 e. The van der Waals surface area contributed by atoms with Crippen LogP contribution in [0, 0.1) is 0 Å². The zero-order chi connectivity index (χ0) is 10.1. The Kier molecular flexibility index (Phi) is 6.79. The van der Waals surface area contributed by atoms with Crippen LogP contribution in [0.2, 0.25) is 0 Å². The van der Waals surface area contributed by atoms with E-state index in [2.05, 4.69) is 13.8 Å². The molecule has 0 amide bonds. The minimum atomic E-state index is 0.769. The minimum Gasteiger partial charge on any atom is -0.493 e. The molecule has 0 bridgehead atoms. The number of ether oxygens (including phenoxy) is 2. The van der Waals surface area contributed by atoms with Crippen LogP contribution >= 0.6 is 0 Å². The lowest BCUT2D eigenvalue weighted by Gasteiger charge is -2.04. The van der Waals surface area contributed by atoms with Crippen molar-refractivity contribution in [2.45, 2.75) is 20.3 Å². The van der Waals surface area contributed by atoms with E-state index in [0.29, 0.717) is 0 Å². The topological polar surface area (TPSA) is 18.5 Å².